The molecule has 0 radical (unpaired) electrons. The van der Waals surface area contributed by atoms with Crippen molar-refractivity contribution in [2.24, 2.45) is 5.92 Å². The number of imidazole rings is 1. The molecule has 1 aromatic heterocycles. The van der Waals surface area contributed by atoms with Gasteiger partial charge in [0.1, 0.15) is 5.82 Å². The van der Waals surface area contributed by atoms with Crippen molar-refractivity contribution < 1.29 is 0 Å². The zero-order valence-corrected chi connectivity index (χ0v) is 14.7. The van der Waals surface area contributed by atoms with E-state index in [9.17, 15) is 0 Å². The summed E-state index contributed by atoms with van der Waals surface area (Å²) in [6, 6.07) is 6.65. The topological polar surface area (TPSA) is 17.8 Å². The van der Waals surface area contributed by atoms with Gasteiger partial charge in [0.05, 0.1) is 16.9 Å². The van der Waals surface area contributed by atoms with E-state index in [1.54, 1.807) is 0 Å². The van der Waals surface area contributed by atoms with Gasteiger partial charge in [-0.05, 0) is 37.5 Å². The van der Waals surface area contributed by atoms with E-state index >= 15 is 0 Å². The summed E-state index contributed by atoms with van der Waals surface area (Å²) in [5.41, 5.74) is 2.20. The second kappa shape index (κ2) is 6.95. The van der Waals surface area contributed by atoms with Gasteiger partial charge in [-0.15, -0.1) is 11.6 Å². The van der Waals surface area contributed by atoms with E-state index in [0.717, 1.165) is 21.7 Å². The van der Waals surface area contributed by atoms with Crippen molar-refractivity contribution >= 4 is 38.6 Å². The Kier molecular flexibility index (Phi) is 5.50. The number of fused-ring (bicyclic) bond motifs is 1. The van der Waals surface area contributed by atoms with Crippen LogP contribution in [0.15, 0.2) is 22.7 Å². The third-order valence-corrected chi connectivity index (χ3v) is 4.42. The highest BCUT2D eigenvalue weighted by Gasteiger charge is 2.15. The van der Waals surface area contributed by atoms with E-state index in [1.807, 2.05) is 12.1 Å². The smallest absolute Gasteiger partial charge is 0.125 e. The number of benzene rings is 1. The lowest BCUT2D eigenvalue weighted by Gasteiger charge is -2.17. The lowest BCUT2D eigenvalue weighted by atomic mass is 10.0. The van der Waals surface area contributed by atoms with E-state index in [4.69, 9.17) is 11.6 Å². The molecule has 0 saturated carbocycles. The molecule has 20 heavy (non-hydrogen) atoms. The van der Waals surface area contributed by atoms with Crippen LogP contribution >= 0.6 is 27.5 Å². The first-order valence-electron chi connectivity index (χ1n) is 7.25. The molecule has 1 atom stereocenters. The Hall–Kier alpha value is -0.540. The molecule has 1 heterocycles. The van der Waals surface area contributed by atoms with Crippen molar-refractivity contribution in [3.63, 3.8) is 0 Å². The summed E-state index contributed by atoms with van der Waals surface area (Å²) < 4.78 is 3.38. The molecule has 2 aromatic rings. The first-order valence-corrected chi connectivity index (χ1v) is 8.58. The number of halogens is 2. The number of nitrogens with zero attached hydrogens (tertiary/aromatic N) is 2. The van der Waals surface area contributed by atoms with E-state index in [-0.39, 0.29) is 0 Å². The number of alkyl halides is 1. The average Bonchev–Trinajstić information content (AvgIpc) is 2.75. The molecule has 0 saturated heterocycles. The summed E-state index contributed by atoms with van der Waals surface area (Å²) in [5.74, 6) is 2.20. The van der Waals surface area contributed by atoms with Gasteiger partial charge in [-0.25, -0.2) is 4.98 Å². The Morgan fingerprint density at radius 1 is 1.25 bits per heavy atom. The minimum absolute atomic E-state index is 0.432. The fourth-order valence-electron chi connectivity index (χ4n) is 2.65. The van der Waals surface area contributed by atoms with Gasteiger partial charge < -0.3 is 4.57 Å². The Balaban J connectivity index is 2.28. The maximum atomic E-state index is 6.08. The highest BCUT2D eigenvalue weighted by Crippen LogP contribution is 2.28. The van der Waals surface area contributed by atoms with Crippen LogP contribution in [0.1, 0.15) is 51.9 Å². The molecule has 4 heteroatoms. The molecule has 2 rings (SSSR count). The van der Waals surface area contributed by atoms with Gasteiger partial charge in [0.25, 0.3) is 0 Å². The number of hydrogen-bond acceptors (Lipinski definition) is 1. The van der Waals surface area contributed by atoms with Gasteiger partial charge in [0.2, 0.25) is 0 Å². The summed E-state index contributed by atoms with van der Waals surface area (Å²) in [6.07, 6.45) is 3.69. The quantitative estimate of drug-likeness (QED) is 0.586. The SMILES string of the molecule is CC(C)CCCC(C)n1c(CCl)nc2ccc(Br)cc21. The fraction of sp³-hybridized carbons (Fsp3) is 0.562. The van der Waals surface area contributed by atoms with Crippen LogP contribution in [-0.4, -0.2) is 9.55 Å². The zero-order valence-electron chi connectivity index (χ0n) is 12.4. The molecule has 0 N–H and O–H groups in total. The fourth-order valence-corrected chi connectivity index (χ4v) is 3.19. The van der Waals surface area contributed by atoms with E-state index in [1.165, 1.54) is 24.8 Å². The molecule has 0 aliphatic carbocycles. The van der Waals surface area contributed by atoms with Crippen LogP contribution in [0.4, 0.5) is 0 Å². The van der Waals surface area contributed by atoms with Crippen LogP contribution < -0.4 is 0 Å². The van der Waals surface area contributed by atoms with Gasteiger partial charge in [0.15, 0.2) is 0 Å². The van der Waals surface area contributed by atoms with Crippen LogP contribution in [0, 0.1) is 5.92 Å². The lowest BCUT2D eigenvalue weighted by molar-refractivity contribution is 0.447. The normalized spacial score (nSPS) is 13.3. The second-order valence-corrected chi connectivity index (χ2v) is 7.02. The first kappa shape index (κ1) is 15.8. The Morgan fingerprint density at radius 2 is 2.00 bits per heavy atom. The molecular formula is C16H22BrClN2. The number of hydrogen-bond donors (Lipinski definition) is 0. The van der Waals surface area contributed by atoms with E-state index < -0.39 is 0 Å². The second-order valence-electron chi connectivity index (χ2n) is 5.84. The molecule has 0 bridgehead atoms. The predicted octanol–water partition coefficient (Wildman–Crippen LogP) is 5.92. The predicted molar refractivity (Wildman–Crippen MR) is 90.4 cm³/mol. The first-order chi connectivity index (χ1) is 9.52. The molecule has 0 aliphatic rings. The van der Waals surface area contributed by atoms with Crippen LogP contribution in [-0.2, 0) is 5.88 Å². The third-order valence-electron chi connectivity index (χ3n) is 3.69. The van der Waals surface area contributed by atoms with Crippen molar-refractivity contribution in [2.75, 3.05) is 0 Å². The lowest BCUT2D eigenvalue weighted by Crippen LogP contribution is -2.09. The third kappa shape index (κ3) is 3.56. The van der Waals surface area contributed by atoms with Crippen molar-refractivity contribution in [1.82, 2.24) is 9.55 Å². The molecule has 0 amide bonds. The largest absolute Gasteiger partial charge is 0.324 e. The standard InChI is InChI=1S/C16H22BrClN2/c1-11(2)5-4-6-12(3)20-15-9-13(17)7-8-14(15)19-16(20)10-18/h7-9,11-12H,4-6,10H2,1-3H3. The summed E-state index contributed by atoms with van der Waals surface area (Å²) in [7, 11) is 0. The van der Waals surface area contributed by atoms with E-state index in [2.05, 4.69) is 52.3 Å². The van der Waals surface area contributed by atoms with Gasteiger partial charge in [-0.1, -0.05) is 42.6 Å². The minimum atomic E-state index is 0.432. The van der Waals surface area contributed by atoms with Crippen molar-refractivity contribution in [3.8, 4) is 0 Å². The van der Waals surface area contributed by atoms with Crippen LogP contribution in [0.5, 0.6) is 0 Å². The van der Waals surface area contributed by atoms with Crippen molar-refractivity contribution in [1.29, 1.82) is 0 Å². The molecule has 0 aliphatic heterocycles. The summed E-state index contributed by atoms with van der Waals surface area (Å²) >= 11 is 9.62. The summed E-state index contributed by atoms with van der Waals surface area (Å²) in [5, 5.41) is 0. The van der Waals surface area contributed by atoms with Crippen molar-refractivity contribution in [3.05, 3.63) is 28.5 Å². The van der Waals surface area contributed by atoms with Crippen molar-refractivity contribution in [2.45, 2.75) is 52.0 Å². The minimum Gasteiger partial charge on any atom is -0.324 e. The highest BCUT2D eigenvalue weighted by molar-refractivity contribution is 9.10. The Labute approximate surface area is 134 Å². The summed E-state index contributed by atoms with van der Waals surface area (Å²) in [6.45, 7) is 6.82. The average molecular weight is 358 g/mol. The maximum Gasteiger partial charge on any atom is 0.125 e. The highest BCUT2D eigenvalue weighted by atomic mass is 79.9. The Bertz CT molecular complexity index is 577. The van der Waals surface area contributed by atoms with Crippen LogP contribution in [0.2, 0.25) is 0 Å². The van der Waals surface area contributed by atoms with Gasteiger partial charge in [0, 0.05) is 10.5 Å². The van der Waals surface area contributed by atoms with Crippen LogP contribution in [0.3, 0.4) is 0 Å². The monoisotopic (exact) mass is 356 g/mol. The van der Waals surface area contributed by atoms with Gasteiger partial charge in [-0.3, -0.25) is 0 Å². The molecule has 0 fully saturated rings. The van der Waals surface area contributed by atoms with Gasteiger partial charge >= 0.3 is 0 Å². The molecular weight excluding hydrogens is 336 g/mol. The Morgan fingerprint density at radius 3 is 2.65 bits per heavy atom. The number of rotatable bonds is 6. The van der Waals surface area contributed by atoms with E-state index in [0.29, 0.717) is 11.9 Å². The molecule has 1 aromatic carbocycles. The summed E-state index contributed by atoms with van der Waals surface area (Å²) in [4.78, 5) is 4.65. The molecule has 110 valence electrons. The maximum absolute atomic E-state index is 6.08. The molecule has 0 spiro atoms. The van der Waals surface area contributed by atoms with Gasteiger partial charge in [-0.2, -0.15) is 0 Å². The molecule has 2 nitrogen and oxygen atoms in total. The number of aromatic nitrogens is 2. The zero-order chi connectivity index (χ0) is 14.7. The van der Waals surface area contributed by atoms with Crippen LogP contribution in [0.25, 0.3) is 11.0 Å². The molecule has 1 unspecified atom stereocenters.